The second kappa shape index (κ2) is 9.03. The summed E-state index contributed by atoms with van der Waals surface area (Å²) in [4.78, 5) is 27.2. The van der Waals surface area contributed by atoms with Crippen LogP contribution in [0.2, 0.25) is 0 Å². The van der Waals surface area contributed by atoms with E-state index in [0.29, 0.717) is 31.5 Å². The monoisotopic (exact) mass is 278 g/mol. The van der Waals surface area contributed by atoms with E-state index in [1.54, 1.807) is 6.20 Å². The minimum absolute atomic E-state index is 0.0231. The molecule has 0 fully saturated rings. The molecule has 0 spiro atoms. The van der Waals surface area contributed by atoms with Crippen LogP contribution in [0.5, 0.6) is 0 Å². The number of hydrogen-bond acceptors (Lipinski definition) is 4. The van der Waals surface area contributed by atoms with Crippen LogP contribution in [0.25, 0.3) is 0 Å². The standard InChI is InChI=1S/C14H22N4O2/c1-11-6-7-12(10-17-11)18-14(20)5-3-4-13(19)16-9-8-15-2/h6-7,10,15H,3-5,8-9H2,1-2H3,(H,16,19)(H,18,20). The molecule has 6 nitrogen and oxygen atoms in total. The van der Waals surface area contributed by atoms with Gasteiger partial charge in [0.15, 0.2) is 0 Å². The average molecular weight is 278 g/mol. The number of anilines is 1. The number of amides is 2. The topological polar surface area (TPSA) is 83.1 Å². The first-order valence-corrected chi connectivity index (χ1v) is 6.75. The molecule has 0 aliphatic carbocycles. The molecule has 1 heterocycles. The van der Waals surface area contributed by atoms with Gasteiger partial charge >= 0.3 is 0 Å². The van der Waals surface area contributed by atoms with Gasteiger partial charge in [-0.05, 0) is 32.5 Å². The van der Waals surface area contributed by atoms with E-state index in [9.17, 15) is 9.59 Å². The molecule has 0 aliphatic heterocycles. The van der Waals surface area contributed by atoms with Crippen molar-refractivity contribution in [1.82, 2.24) is 15.6 Å². The fourth-order valence-corrected chi connectivity index (χ4v) is 1.59. The van der Waals surface area contributed by atoms with Crippen molar-refractivity contribution >= 4 is 17.5 Å². The summed E-state index contributed by atoms with van der Waals surface area (Å²) in [6.07, 6.45) is 2.85. The van der Waals surface area contributed by atoms with E-state index in [-0.39, 0.29) is 11.8 Å². The number of nitrogens with zero attached hydrogens (tertiary/aromatic N) is 1. The van der Waals surface area contributed by atoms with Gasteiger partial charge in [0.1, 0.15) is 0 Å². The summed E-state index contributed by atoms with van der Waals surface area (Å²) in [5.41, 5.74) is 1.58. The Labute approximate surface area is 119 Å². The number of aromatic nitrogens is 1. The van der Waals surface area contributed by atoms with Crippen LogP contribution in [0, 0.1) is 6.92 Å². The lowest BCUT2D eigenvalue weighted by Crippen LogP contribution is -2.30. The Bertz CT molecular complexity index is 431. The average Bonchev–Trinajstić information content (AvgIpc) is 2.42. The molecule has 0 aromatic carbocycles. The SMILES string of the molecule is CNCCNC(=O)CCCC(=O)Nc1ccc(C)nc1. The van der Waals surface area contributed by atoms with Crippen molar-refractivity contribution in [2.45, 2.75) is 26.2 Å². The molecule has 0 unspecified atom stereocenters. The number of carbonyl (C=O) groups is 2. The van der Waals surface area contributed by atoms with Crippen molar-refractivity contribution in [2.75, 3.05) is 25.5 Å². The molecule has 3 N–H and O–H groups in total. The van der Waals surface area contributed by atoms with E-state index >= 15 is 0 Å². The third kappa shape index (κ3) is 6.84. The Morgan fingerprint density at radius 2 is 1.90 bits per heavy atom. The van der Waals surface area contributed by atoms with Crippen molar-refractivity contribution in [1.29, 1.82) is 0 Å². The maximum atomic E-state index is 11.7. The predicted octanol–water partition coefficient (Wildman–Crippen LogP) is 0.834. The lowest BCUT2D eigenvalue weighted by atomic mass is 10.2. The molecule has 1 aromatic rings. The maximum Gasteiger partial charge on any atom is 0.224 e. The van der Waals surface area contributed by atoms with Crippen molar-refractivity contribution in [2.24, 2.45) is 0 Å². The first-order valence-electron chi connectivity index (χ1n) is 6.75. The molecule has 1 rings (SSSR count). The summed E-state index contributed by atoms with van der Waals surface area (Å²) in [6, 6.07) is 3.65. The molecule has 2 amide bonds. The highest BCUT2D eigenvalue weighted by Crippen LogP contribution is 2.07. The van der Waals surface area contributed by atoms with Gasteiger partial charge in [0.2, 0.25) is 11.8 Å². The largest absolute Gasteiger partial charge is 0.355 e. The third-order valence-electron chi connectivity index (χ3n) is 2.70. The summed E-state index contributed by atoms with van der Waals surface area (Å²) in [7, 11) is 1.83. The number of likely N-dealkylation sites (N-methyl/N-ethyl adjacent to an activating group) is 1. The van der Waals surface area contributed by atoms with Crippen molar-refractivity contribution < 1.29 is 9.59 Å². The number of carbonyl (C=O) groups excluding carboxylic acids is 2. The van der Waals surface area contributed by atoms with Crippen LogP contribution in [0.15, 0.2) is 18.3 Å². The number of pyridine rings is 1. The molecule has 1 aromatic heterocycles. The summed E-state index contributed by atoms with van der Waals surface area (Å²) < 4.78 is 0. The van der Waals surface area contributed by atoms with E-state index in [1.807, 2.05) is 26.1 Å². The van der Waals surface area contributed by atoms with Gasteiger partial charge in [0, 0.05) is 31.6 Å². The van der Waals surface area contributed by atoms with Gasteiger partial charge in [0.25, 0.3) is 0 Å². The quantitative estimate of drug-likeness (QED) is 0.615. The Morgan fingerprint density at radius 1 is 1.15 bits per heavy atom. The van der Waals surface area contributed by atoms with Crippen LogP contribution in [-0.4, -0.2) is 36.9 Å². The molecule has 0 saturated heterocycles. The lowest BCUT2D eigenvalue weighted by Gasteiger charge is -2.06. The van der Waals surface area contributed by atoms with E-state index < -0.39 is 0 Å². The van der Waals surface area contributed by atoms with E-state index in [4.69, 9.17) is 0 Å². The Morgan fingerprint density at radius 3 is 2.55 bits per heavy atom. The van der Waals surface area contributed by atoms with Crippen LogP contribution >= 0.6 is 0 Å². The Kier molecular flexibility index (Phi) is 7.27. The highest BCUT2D eigenvalue weighted by Gasteiger charge is 2.05. The highest BCUT2D eigenvalue weighted by atomic mass is 16.2. The van der Waals surface area contributed by atoms with Gasteiger partial charge in [-0.1, -0.05) is 0 Å². The minimum atomic E-state index is -0.0984. The second-order valence-electron chi connectivity index (χ2n) is 4.54. The van der Waals surface area contributed by atoms with Crippen LogP contribution in [0.1, 0.15) is 25.0 Å². The first kappa shape index (κ1) is 16.1. The van der Waals surface area contributed by atoms with Crippen LogP contribution in [0.4, 0.5) is 5.69 Å². The normalized spacial score (nSPS) is 10.1. The second-order valence-corrected chi connectivity index (χ2v) is 4.54. The van der Waals surface area contributed by atoms with E-state index in [1.165, 1.54) is 0 Å². The van der Waals surface area contributed by atoms with Gasteiger partial charge in [0.05, 0.1) is 11.9 Å². The zero-order valence-electron chi connectivity index (χ0n) is 12.0. The first-order chi connectivity index (χ1) is 9.61. The molecule has 0 radical (unpaired) electrons. The van der Waals surface area contributed by atoms with Gasteiger partial charge in [-0.15, -0.1) is 0 Å². The Hall–Kier alpha value is -1.95. The highest BCUT2D eigenvalue weighted by molar-refractivity contribution is 5.90. The molecule has 0 aliphatic rings. The smallest absolute Gasteiger partial charge is 0.224 e. The fourth-order valence-electron chi connectivity index (χ4n) is 1.59. The van der Waals surface area contributed by atoms with Gasteiger partial charge in [-0.3, -0.25) is 14.6 Å². The summed E-state index contributed by atoms with van der Waals surface area (Å²) >= 11 is 0. The number of aryl methyl sites for hydroxylation is 1. The van der Waals surface area contributed by atoms with Gasteiger partial charge in [-0.2, -0.15) is 0 Å². The Balaban J connectivity index is 2.17. The zero-order chi connectivity index (χ0) is 14.8. The third-order valence-corrected chi connectivity index (χ3v) is 2.70. The zero-order valence-corrected chi connectivity index (χ0v) is 12.0. The molecule has 0 atom stereocenters. The fraction of sp³-hybridized carbons (Fsp3) is 0.500. The van der Waals surface area contributed by atoms with Gasteiger partial charge < -0.3 is 16.0 Å². The number of rotatable bonds is 8. The summed E-state index contributed by atoms with van der Waals surface area (Å²) in [5.74, 6) is -0.122. The maximum absolute atomic E-state index is 11.7. The predicted molar refractivity (Wildman–Crippen MR) is 78.4 cm³/mol. The molecule has 20 heavy (non-hydrogen) atoms. The molecule has 110 valence electrons. The molecular weight excluding hydrogens is 256 g/mol. The molecular formula is C14H22N4O2. The van der Waals surface area contributed by atoms with E-state index in [2.05, 4.69) is 20.9 Å². The summed E-state index contributed by atoms with van der Waals surface area (Å²) in [6.45, 7) is 3.24. The van der Waals surface area contributed by atoms with Crippen LogP contribution in [0.3, 0.4) is 0 Å². The van der Waals surface area contributed by atoms with Crippen molar-refractivity contribution in [3.63, 3.8) is 0 Å². The molecule has 0 bridgehead atoms. The van der Waals surface area contributed by atoms with Gasteiger partial charge in [-0.25, -0.2) is 0 Å². The summed E-state index contributed by atoms with van der Waals surface area (Å²) in [5, 5.41) is 8.47. The van der Waals surface area contributed by atoms with Crippen LogP contribution < -0.4 is 16.0 Å². The van der Waals surface area contributed by atoms with E-state index in [0.717, 1.165) is 12.2 Å². The molecule has 0 saturated carbocycles. The lowest BCUT2D eigenvalue weighted by molar-refractivity contribution is -0.121. The van der Waals surface area contributed by atoms with Crippen molar-refractivity contribution in [3.8, 4) is 0 Å². The van der Waals surface area contributed by atoms with Crippen LogP contribution in [-0.2, 0) is 9.59 Å². The minimum Gasteiger partial charge on any atom is -0.355 e. The van der Waals surface area contributed by atoms with Crippen molar-refractivity contribution in [3.05, 3.63) is 24.0 Å². The number of nitrogens with one attached hydrogen (secondary N) is 3. The number of hydrogen-bond donors (Lipinski definition) is 3. The molecule has 6 heteroatoms.